The van der Waals surface area contributed by atoms with Gasteiger partial charge in [0, 0.05) is 49.0 Å². The molecule has 33 heavy (non-hydrogen) atoms. The van der Waals surface area contributed by atoms with Crippen molar-refractivity contribution in [3.05, 3.63) is 58.6 Å². The summed E-state index contributed by atoms with van der Waals surface area (Å²) in [6, 6.07) is 10.9. The van der Waals surface area contributed by atoms with E-state index in [4.69, 9.17) is 16.3 Å². The summed E-state index contributed by atoms with van der Waals surface area (Å²) in [5, 5.41) is 3.04. The number of amides is 2. The lowest BCUT2D eigenvalue weighted by Crippen LogP contribution is -2.36. The highest BCUT2D eigenvalue weighted by Crippen LogP contribution is 2.35. The van der Waals surface area contributed by atoms with Crippen LogP contribution < -0.4 is 15.1 Å². The van der Waals surface area contributed by atoms with Gasteiger partial charge < -0.3 is 19.9 Å². The second-order valence-electron chi connectivity index (χ2n) is 8.04. The number of hydrogen-bond acceptors (Lipinski definition) is 4. The number of carbonyl (C=O) groups is 2. The van der Waals surface area contributed by atoms with Crippen LogP contribution in [0.4, 0.5) is 24.5 Å². The minimum atomic E-state index is -4.56. The van der Waals surface area contributed by atoms with Crippen molar-refractivity contribution in [1.29, 1.82) is 0 Å². The molecule has 0 bridgehead atoms. The average Bonchev–Trinajstić information content (AvgIpc) is 3.19. The Kier molecular flexibility index (Phi) is 6.81. The smallest absolute Gasteiger partial charge is 0.378 e. The maximum absolute atomic E-state index is 13.7. The van der Waals surface area contributed by atoms with Crippen LogP contribution in [0.15, 0.2) is 42.5 Å². The molecule has 6 nitrogen and oxygen atoms in total. The Labute approximate surface area is 194 Å². The lowest BCUT2D eigenvalue weighted by atomic mass is 10.0. The monoisotopic (exact) mass is 481 g/mol. The normalized spacial score (nSPS) is 19.2. The van der Waals surface area contributed by atoms with E-state index in [1.54, 1.807) is 30.3 Å². The molecule has 2 aliphatic heterocycles. The van der Waals surface area contributed by atoms with Crippen LogP contribution >= 0.6 is 11.6 Å². The van der Waals surface area contributed by atoms with E-state index in [2.05, 4.69) is 5.32 Å². The van der Waals surface area contributed by atoms with E-state index >= 15 is 0 Å². The maximum atomic E-state index is 13.7. The van der Waals surface area contributed by atoms with Crippen molar-refractivity contribution in [3.8, 4) is 0 Å². The molecular formula is C23H23ClF3N3O3. The first-order chi connectivity index (χ1) is 15.7. The largest absolute Gasteiger partial charge is 0.416 e. The van der Waals surface area contributed by atoms with Crippen LogP contribution in [0.1, 0.15) is 17.5 Å². The second-order valence-corrected chi connectivity index (χ2v) is 8.48. The molecule has 0 spiro atoms. The van der Waals surface area contributed by atoms with Crippen LogP contribution in [0.25, 0.3) is 0 Å². The Hall–Kier alpha value is -2.78. The van der Waals surface area contributed by atoms with Gasteiger partial charge in [-0.15, -0.1) is 0 Å². The van der Waals surface area contributed by atoms with Gasteiger partial charge in [0.05, 0.1) is 24.7 Å². The fraction of sp³-hybridized carbons (Fsp3) is 0.391. The minimum Gasteiger partial charge on any atom is -0.378 e. The van der Waals surface area contributed by atoms with Crippen LogP contribution in [0.2, 0.25) is 5.02 Å². The predicted octanol–water partition coefficient (Wildman–Crippen LogP) is 3.86. The highest BCUT2D eigenvalue weighted by molar-refractivity contribution is 6.31. The van der Waals surface area contributed by atoms with Crippen LogP contribution in [0, 0.1) is 5.92 Å². The molecular weight excluding hydrogens is 459 g/mol. The maximum Gasteiger partial charge on any atom is 0.416 e. The molecule has 2 heterocycles. The summed E-state index contributed by atoms with van der Waals surface area (Å²) < 4.78 is 46.4. The summed E-state index contributed by atoms with van der Waals surface area (Å²) in [6.07, 6.45) is -4.57. The predicted molar refractivity (Wildman–Crippen MR) is 118 cm³/mol. The molecule has 2 amide bonds. The molecule has 176 valence electrons. The van der Waals surface area contributed by atoms with Crippen molar-refractivity contribution < 1.29 is 27.5 Å². The van der Waals surface area contributed by atoms with Gasteiger partial charge in [-0.05, 0) is 35.9 Å². The number of halogens is 4. The topological polar surface area (TPSA) is 61.9 Å². The molecule has 2 saturated heterocycles. The van der Waals surface area contributed by atoms with Crippen molar-refractivity contribution in [2.24, 2.45) is 5.92 Å². The fourth-order valence-electron chi connectivity index (χ4n) is 4.10. The molecule has 2 aromatic carbocycles. The van der Waals surface area contributed by atoms with E-state index in [1.165, 1.54) is 11.0 Å². The molecule has 2 aliphatic rings. The summed E-state index contributed by atoms with van der Waals surface area (Å²) in [6.45, 7) is 1.83. The molecule has 10 heteroatoms. The molecule has 1 atom stereocenters. The highest BCUT2D eigenvalue weighted by atomic mass is 35.5. The highest BCUT2D eigenvalue weighted by Gasteiger charge is 2.37. The molecule has 2 aromatic rings. The SMILES string of the molecule is O=C(NCc1ccc(N2CCOCC2)cc1C(F)(F)F)C1CC(=O)N(c2cccc(Cl)c2)C1. The number of anilines is 2. The number of alkyl halides is 3. The van der Waals surface area contributed by atoms with Crippen LogP contribution in [0.5, 0.6) is 0 Å². The van der Waals surface area contributed by atoms with Crippen LogP contribution in [-0.4, -0.2) is 44.7 Å². The second kappa shape index (κ2) is 9.61. The summed E-state index contributed by atoms with van der Waals surface area (Å²) in [4.78, 5) is 28.4. The third-order valence-electron chi connectivity index (χ3n) is 5.84. The first kappa shape index (κ1) is 23.4. The lowest BCUT2D eigenvalue weighted by molar-refractivity contribution is -0.138. The number of benzene rings is 2. The number of ether oxygens (including phenoxy) is 1. The van der Waals surface area contributed by atoms with Crippen molar-refractivity contribution in [2.45, 2.75) is 19.1 Å². The Morgan fingerprint density at radius 3 is 2.58 bits per heavy atom. The van der Waals surface area contributed by atoms with Crippen molar-refractivity contribution in [1.82, 2.24) is 5.32 Å². The van der Waals surface area contributed by atoms with E-state index in [0.29, 0.717) is 42.7 Å². The van der Waals surface area contributed by atoms with Crippen LogP contribution in [-0.2, 0) is 27.0 Å². The van der Waals surface area contributed by atoms with E-state index in [9.17, 15) is 22.8 Å². The third-order valence-corrected chi connectivity index (χ3v) is 6.08. The molecule has 1 unspecified atom stereocenters. The summed E-state index contributed by atoms with van der Waals surface area (Å²) >= 11 is 5.98. The Morgan fingerprint density at radius 2 is 1.88 bits per heavy atom. The molecule has 0 aromatic heterocycles. The summed E-state index contributed by atoms with van der Waals surface area (Å²) in [7, 11) is 0. The first-order valence-electron chi connectivity index (χ1n) is 10.6. The van der Waals surface area contributed by atoms with Crippen molar-refractivity contribution in [2.75, 3.05) is 42.6 Å². The zero-order chi connectivity index (χ0) is 23.6. The van der Waals surface area contributed by atoms with Gasteiger partial charge in [0.1, 0.15) is 0 Å². The minimum absolute atomic E-state index is 0.0134. The van der Waals surface area contributed by atoms with E-state index in [0.717, 1.165) is 6.07 Å². The van der Waals surface area contributed by atoms with Gasteiger partial charge in [-0.2, -0.15) is 13.2 Å². The van der Waals surface area contributed by atoms with Gasteiger partial charge in [-0.25, -0.2) is 0 Å². The number of rotatable bonds is 5. The molecule has 1 N–H and O–H groups in total. The van der Waals surface area contributed by atoms with Gasteiger partial charge in [0.2, 0.25) is 11.8 Å². The Morgan fingerprint density at radius 1 is 1.12 bits per heavy atom. The van der Waals surface area contributed by atoms with Gasteiger partial charge in [-0.1, -0.05) is 23.7 Å². The van der Waals surface area contributed by atoms with Crippen molar-refractivity contribution >= 4 is 34.8 Å². The third kappa shape index (κ3) is 5.42. The lowest BCUT2D eigenvalue weighted by Gasteiger charge is -2.29. The van der Waals surface area contributed by atoms with Crippen LogP contribution in [0.3, 0.4) is 0 Å². The number of carbonyl (C=O) groups excluding carboxylic acids is 2. The van der Waals surface area contributed by atoms with Crippen molar-refractivity contribution in [3.63, 3.8) is 0 Å². The zero-order valence-electron chi connectivity index (χ0n) is 17.7. The Bertz CT molecular complexity index is 1040. The van der Waals surface area contributed by atoms with Gasteiger partial charge in [0.25, 0.3) is 0 Å². The van der Waals surface area contributed by atoms with Gasteiger partial charge >= 0.3 is 6.18 Å². The van der Waals surface area contributed by atoms with Gasteiger partial charge in [-0.3, -0.25) is 9.59 Å². The summed E-state index contributed by atoms with van der Waals surface area (Å²) in [5.41, 5.74) is 0.249. The van der Waals surface area contributed by atoms with E-state index in [1.807, 2.05) is 4.90 Å². The molecule has 2 fully saturated rings. The number of hydrogen-bond donors (Lipinski definition) is 1. The van der Waals surface area contributed by atoms with E-state index in [-0.39, 0.29) is 31.0 Å². The molecule has 0 aliphatic carbocycles. The molecule has 0 radical (unpaired) electrons. The van der Waals surface area contributed by atoms with Gasteiger partial charge in [0.15, 0.2) is 0 Å². The number of morpholine rings is 1. The first-order valence-corrected chi connectivity index (χ1v) is 11.0. The van der Waals surface area contributed by atoms with E-state index < -0.39 is 23.6 Å². The summed E-state index contributed by atoms with van der Waals surface area (Å²) in [5.74, 6) is -1.35. The quantitative estimate of drug-likeness (QED) is 0.704. The number of nitrogens with zero attached hydrogens (tertiary/aromatic N) is 2. The Balaban J connectivity index is 1.44. The standard InChI is InChI=1S/C23H23ClF3N3O3/c24-17-2-1-3-19(11-17)30-14-16(10-21(30)31)22(32)28-13-15-4-5-18(12-20(15)23(25,26)27)29-6-8-33-9-7-29/h1-5,11-12,16H,6-10,13-14H2,(H,28,32). The molecule has 0 saturated carbocycles. The molecule has 4 rings (SSSR count). The number of nitrogens with one attached hydrogen (secondary N) is 1. The zero-order valence-corrected chi connectivity index (χ0v) is 18.5. The fourth-order valence-corrected chi connectivity index (χ4v) is 4.29. The average molecular weight is 482 g/mol.